The number of ether oxygens (including phenoxy) is 1. The van der Waals surface area contributed by atoms with E-state index in [1.807, 2.05) is 0 Å². The zero-order chi connectivity index (χ0) is 32.7. The number of halogens is 1. The first-order valence-electron chi connectivity index (χ1n) is 16.2. The molecular formula is C32H51ClN3O8P. The molecule has 2 aromatic rings. The Kier molecular flexibility index (Phi) is 16.2. The summed E-state index contributed by atoms with van der Waals surface area (Å²) >= 11 is 5.97. The molecule has 0 aliphatic carbocycles. The zero-order valence-electron chi connectivity index (χ0n) is 26.4. The van der Waals surface area contributed by atoms with Crippen LogP contribution in [0.1, 0.15) is 109 Å². The summed E-state index contributed by atoms with van der Waals surface area (Å²) in [6.07, 6.45) is 13.0. The van der Waals surface area contributed by atoms with Crippen LogP contribution >= 0.6 is 19.4 Å². The molecule has 0 spiro atoms. The number of hydrogen-bond donors (Lipinski definition) is 4. The molecule has 1 fully saturated rings. The van der Waals surface area contributed by atoms with Crippen LogP contribution in [-0.4, -0.2) is 56.4 Å². The minimum atomic E-state index is -4.16. The Morgan fingerprint density at radius 2 is 1.51 bits per heavy atom. The fourth-order valence-corrected chi connectivity index (χ4v) is 6.58. The van der Waals surface area contributed by atoms with Gasteiger partial charge in [0.1, 0.15) is 36.1 Å². The summed E-state index contributed by atoms with van der Waals surface area (Å²) in [4.78, 5) is 3.96. The first-order chi connectivity index (χ1) is 21.6. The number of phosphoric ester groups is 1. The van der Waals surface area contributed by atoms with E-state index in [-0.39, 0.29) is 29.6 Å². The van der Waals surface area contributed by atoms with E-state index >= 15 is 0 Å². The van der Waals surface area contributed by atoms with Gasteiger partial charge in [0.2, 0.25) is 5.88 Å². The maximum atomic E-state index is 13.7. The Morgan fingerprint density at radius 3 is 2.04 bits per heavy atom. The minimum Gasteiger partial charge on any atom is -0.493 e. The van der Waals surface area contributed by atoms with Crippen LogP contribution in [-0.2, 0) is 18.3 Å². The van der Waals surface area contributed by atoms with Gasteiger partial charge in [0, 0.05) is 5.02 Å². The molecule has 0 bridgehead atoms. The molecule has 3 rings (SSSR count). The lowest BCUT2D eigenvalue weighted by Gasteiger charge is -2.21. The molecule has 11 nitrogen and oxygen atoms in total. The lowest BCUT2D eigenvalue weighted by Crippen LogP contribution is -2.33. The van der Waals surface area contributed by atoms with E-state index in [0.717, 1.165) is 23.8 Å². The first kappa shape index (κ1) is 37.3. The van der Waals surface area contributed by atoms with Crippen LogP contribution in [0.3, 0.4) is 0 Å². The summed E-state index contributed by atoms with van der Waals surface area (Å²) < 4.78 is 37.4. The van der Waals surface area contributed by atoms with E-state index in [4.69, 9.17) is 35.6 Å². The number of imidazole rings is 1. The van der Waals surface area contributed by atoms with E-state index in [2.05, 4.69) is 18.5 Å². The number of phosphoric acid groups is 1. The van der Waals surface area contributed by atoms with E-state index in [0.29, 0.717) is 11.4 Å². The van der Waals surface area contributed by atoms with Crippen molar-refractivity contribution in [1.29, 1.82) is 0 Å². The van der Waals surface area contributed by atoms with Crippen molar-refractivity contribution >= 4 is 25.1 Å². The lowest BCUT2D eigenvalue weighted by molar-refractivity contribution is -0.0552. The van der Waals surface area contributed by atoms with Gasteiger partial charge in [-0.2, -0.15) is 0 Å². The monoisotopic (exact) mass is 671 g/mol. The summed E-state index contributed by atoms with van der Waals surface area (Å²) in [7, 11) is -4.16. The van der Waals surface area contributed by atoms with Gasteiger partial charge in [0.05, 0.1) is 18.9 Å². The normalized spacial score (nSPS) is 21.2. The van der Waals surface area contributed by atoms with Crippen molar-refractivity contribution in [3.05, 3.63) is 47.9 Å². The molecule has 0 saturated carbocycles. The second-order valence-electron chi connectivity index (χ2n) is 11.6. The van der Waals surface area contributed by atoms with Gasteiger partial charge in [0.15, 0.2) is 6.23 Å². The fraction of sp³-hybridized carbons (Fsp3) is 0.656. The number of nitrogens with two attached hydrogens (primary N) is 1. The lowest BCUT2D eigenvalue weighted by atomic mass is 10.0. The molecule has 1 unspecified atom stereocenters. The molecule has 5 atom stereocenters. The highest BCUT2D eigenvalue weighted by molar-refractivity contribution is 7.48. The second-order valence-corrected chi connectivity index (χ2v) is 13.6. The number of unbranched alkanes of at least 4 members (excludes halogenated alkanes) is 13. The molecule has 5 N–H and O–H groups in total. The number of hydrogen-bond acceptors (Lipinski definition) is 10. The maximum absolute atomic E-state index is 13.7. The van der Waals surface area contributed by atoms with Crippen LogP contribution in [0.2, 0.25) is 5.02 Å². The average Bonchev–Trinajstić information content (AvgIpc) is 3.53. The topological polar surface area (TPSA) is 159 Å². The van der Waals surface area contributed by atoms with Crippen molar-refractivity contribution in [1.82, 2.24) is 9.55 Å². The van der Waals surface area contributed by atoms with Gasteiger partial charge < -0.3 is 30.3 Å². The summed E-state index contributed by atoms with van der Waals surface area (Å²) in [6, 6.07) is 6.25. The molecule has 1 aromatic heterocycles. The number of aliphatic hydroxyl groups excluding tert-OH is 2. The molecule has 254 valence electrons. The van der Waals surface area contributed by atoms with Crippen molar-refractivity contribution in [3.8, 4) is 11.6 Å². The summed E-state index contributed by atoms with van der Waals surface area (Å²) in [6.45, 7) is 5.51. The average molecular weight is 672 g/mol. The van der Waals surface area contributed by atoms with E-state index < -0.39 is 39.0 Å². The third-order valence-corrected chi connectivity index (χ3v) is 9.51. The minimum absolute atomic E-state index is 0.0235. The van der Waals surface area contributed by atoms with Crippen LogP contribution in [0.5, 0.6) is 11.6 Å². The number of benzene rings is 1. The molecule has 1 saturated heterocycles. The number of aromatic nitrogens is 2. The number of rotatable bonds is 23. The summed E-state index contributed by atoms with van der Waals surface area (Å²) in [5.74, 6) is -0.152. The van der Waals surface area contributed by atoms with Crippen molar-refractivity contribution in [3.63, 3.8) is 0 Å². The third-order valence-electron chi connectivity index (χ3n) is 7.86. The van der Waals surface area contributed by atoms with Gasteiger partial charge in [-0.3, -0.25) is 13.6 Å². The molecule has 0 amide bonds. The number of nitrogens with zero attached hydrogens (tertiary/aromatic N) is 2. The molecule has 0 radical (unpaired) electrons. The first-order valence-corrected chi connectivity index (χ1v) is 18.1. The highest BCUT2D eigenvalue weighted by atomic mass is 35.5. The van der Waals surface area contributed by atoms with E-state index in [1.165, 1.54) is 70.5 Å². The second kappa shape index (κ2) is 19.5. The highest BCUT2D eigenvalue weighted by Gasteiger charge is 2.46. The summed E-state index contributed by atoms with van der Waals surface area (Å²) in [5.41, 5.74) is 5.68. The Hall–Kier alpha value is -2.11. The molecule has 1 aliphatic heterocycles. The van der Waals surface area contributed by atoms with Gasteiger partial charge in [0.25, 0.3) is 0 Å². The highest BCUT2D eigenvalue weighted by Crippen LogP contribution is 2.50. The smallest absolute Gasteiger partial charge is 0.493 e. The van der Waals surface area contributed by atoms with Crippen LogP contribution in [0.25, 0.3) is 5.70 Å². The van der Waals surface area contributed by atoms with Gasteiger partial charge >= 0.3 is 7.82 Å². The summed E-state index contributed by atoms with van der Waals surface area (Å²) in [5, 5.41) is 32.1. The Morgan fingerprint density at radius 1 is 0.956 bits per heavy atom. The van der Waals surface area contributed by atoms with Crippen LogP contribution in [0.15, 0.2) is 37.2 Å². The Labute approximate surface area is 272 Å². The van der Waals surface area contributed by atoms with Crippen molar-refractivity contribution in [2.75, 3.05) is 13.2 Å². The van der Waals surface area contributed by atoms with Gasteiger partial charge in [-0.25, -0.2) is 9.55 Å². The predicted molar refractivity (Wildman–Crippen MR) is 175 cm³/mol. The molecule has 2 heterocycles. The number of aliphatic hydroxyl groups is 2. The van der Waals surface area contributed by atoms with Crippen molar-refractivity contribution in [2.24, 2.45) is 5.73 Å². The van der Waals surface area contributed by atoms with Crippen molar-refractivity contribution in [2.45, 2.75) is 121 Å². The molecular weight excluding hydrogens is 621 g/mol. The Bertz CT molecular complexity index is 1200. The van der Waals surface area contributed by atoms with Crippen LogP contribution in [0.4, 0.5) is 0 Å². The van der Waals surface area contributed by atoms with Gasteiger partial charge in [-0.15, -0.1) is 0 Å². The zero-order valence-corrected chi connectivity index (χ0v) is 28.0. The molecule has 1 aliphatic rings. The van der Waals surface area contributed by atoms with Crippen molar-refractivity contribution < 1.29 is 38.2 Å². The predicted octanol–water partition coefficient (Wildman–Crippen LogP) is 7.49. The quantitative estimate of drug-likeness (QED) is 0.0689. The molecule has 45 heavy (non-hydrogen) atoms. The SMILES string of the molecule is C=C(N)c1ncn([C@@H]2O[C@H](COP(=O)(OCCCCCCCCCCCCCCCC)Oc3ccc(Cl)cc3)[C@@H](O)[C@H]2O)c1O. The standard InChI is InChI=1S/C32H51ClN3O8P/c1-3-4-5-6-7-8-9-10-11-12-13-14-15-16-21-41-45(40,44-26-19-17-25(33)18-20-26)42-22-27-29(37)30(38)32(43-27)36-23-35-28(24(2)34)31(36)39/h17-20,23,27,29-30,32,37-39H,2-16,21-22,34H2,1H3/t27-,29-,30-,32-,45?/m1/s1. The maximum Gasteiger partial charge on any atom is 0.530 e. The number of aromatic hydroxyl groups is 1. The molecule has 13 heteroatoms. The largest absolute Gasteiger partial charge is 0.530 e. The molecule has 1 aromatic carbocycles. The van der Waals surface area contributed by atoms with Gasteiger partial charge in [-0.1, -0.05) is 109 Å². The third kappa shape index (κ3) is 12.2. The van der Waals surface area contributed by atoms with E-state index in [9.17, 15) is 19.9 Å². The van der Waals surface area contributed by atoms with E-state index in [1.54, 1.807) is 24.3 Å². The fourth-order valence-electron chi connectivity index (χ4n) is 5.22. The van der Waals surface area contributed by atoms with Gasteiger partial charge in [-0.05, 0) is 30.7 Å². The van der Waals surface area contributed by atoms with Crippen LogP contribution in [0, 0.1) is 0 Å². The Balaban J connectivity index is 1.44. The van der Waals surface area contributed by atoms with Crippen LogP contribution < -0.4 is 10.3 Å².